The van der Waals surface area contributed by atoms with Crippen molar-refractivity contribution in [3.05, 3.63) is 34.6 Å². The van der Waals surface area contributed by atoms with Crippen LogP contribution >= 0.6 is 27.5 Å². The Labute approximate surface area is 107 Å². The molecule has 0 radical (unpaired) electrons. The summed E-state index contributed by atoms with van der Waals surface area (Å²) in [6.45, 7) is 1.21. The molecule has 1 aliphatic heterocycles. The minimum Gasteiger partial charge on any atom is -0.337 e. The zero-order valence-electron chi connectivity index (χ0n) is 8.42. The Balaban J connectivity index is 2.10. The molecule has 0 spiro atoms. The lowest BCUT2D eigenvalue weighted by molar-refractivity contribution is -0.127. The standard InChI is InChI=1S/C11H10BrClFNO/c12-8-3-4-15(11(8)16)6-7-1-2-10(14)9(13)5-7/h1-2,5,8H,3-4,6H2. The van der Waals surface area contributed by atoms with Crippen LogP contribution in [0, 0.1) is 5.82 Å². The van der Waals surface area contributed by atoms with E-state index in [1.54, 1.807) is 17.0 Å². The van der Waals surface area contributed by atoms with E-state index in [0.29, 0.717) is 6.54 Å². The van der Waals surface area contributed by atoms with E-state index in [-0.39, 0.29) is 15.8 Å². The van der Waals surface area contributed by atoms with Gasteiger partial charge in [-0.15, -0.1) is 0 Å². The van der Waals surface area contributed by atoms with Crippen molar-refractivity contribution in [2.45, 2.75) is 17.8 Å². The fourth-order valence-electron chi connectivity index (χ4n) is 1.72. The Bertz CT molecular complexity index is 426. The summed E-state index contributed by atoms with van der Waals surface area (Å²) in [6.07, 6.45) is 0.813. The van der Waals surface area contributed by atoms with Crippen LogP contribution in [0.5, 0.6) is 0 Å². The van der Waals surface area contributed by atoms with E-state index < -0.39 is 5.82 Å². The Morgan fingerprint density at radius 2 is 2.31 bits per heavy atom. The first-order valence-electron chi connectivity index (χ1n) is 4.94. The van der Waals surface area contributed by atoms with E-state index in [9.17, 15) is 9.18 Å². The van der Waals surface area contributed by atoms with Crippen LogP contribution in [0.3, 0.4) is 0 Å². The third-order valence-corrected chi connectivity index (χ3v) is 3.73. The molecule has 5 heteroatoms. The summed E-state index contributed by atoms with van der Waals surface area (Å²) in [7, 11) is 0. The number of nitrogens with zero attached hydrogens (tertiary/aromatic N) is 1. The number of benzene rings is 1. The van der Waals surface area contributed by atoms with E-state index in [1.165, 1.54) is 6.07 Å². The number of alkyl halides is 1. The fourth-order valence-corrected chi connectivity index (χ4v) is 2.41. The lowest BCUT2D eigenvalue weighted by Crippen LogP contribution is -2.26. The summed E-state index contributed by atoms with van der Waals surface area (Å²) in [5.74, 6) is -0.350. The first-order valence-corrected chi connectivity index (χ1v) is 6.24. The molecular formula is C11H10BrClFNO. The summed E-state index contributed by atoms with van der Waals surface area (Å²) in [6, 6.07) is 4.53. The number of carbonyl (C=O) groups is 1. The molecular weight excluding hydrogens is 296 g/mol. The summed E-state index contributed by atoms with van der Waals surface area (Å²) in [5, 5.41) is 0.0968. The van der Waals surface area contributed by atoms with Crippen LogP contribution in [-0.4, -0.2) is 22.2 Å². The highest BCUT2D eigenvalue weighted by Gasteiger charge is 2.29. The summed E-state index contributed by atoms with van der Waals surface area (Å²) in [5.41, 5.74) is 0.848. The number of amides is 1. The van der Waals surface area contributed by atoms with Gasteiger partial charge in [0, 0.05) is 13.1 Å². The van der Waals surface area contributed by atoms with Gasteiger partial charge in [-0.25, -0.2) is 4.39 Å². The van der Waals surface area contributed by atoms with Crippen molar-refractivity contribution in [2.75, 3.05) is 6.54 Å². The number of halogens is 3. The fraction of sp³-hybridized carbons (Fsp3) is 0.364. The Morgan fingerprint density at radius 1 is 1.56 bits per heavy atom. The number of rotatable bonds is 2. The monoisotopic (exact) mass is 305 g/mol. The van der Waals surface area contributed by atoms with Crippen molar-refractivity contribution in [3.8, 4) is 0 Å². The number of hydrogen-bond donors (Lipinski definition) is 0. The van der Waals surface area contributed by atoms with E-state index in [4.69, 9.17) is 11.6 Å². The molecule has 0 aromatic heterocycles. The number of carbonyl (C=O) groups excluding carboxylic acids is 1. The zero-order valence-corrected chi connectivity index (χ0v) is 10.8. The maximum Gasteiger partial charge on any atom is 0.236 e. The van der Waals surface area contributed by atoms with Crippen molar-refractivity contribution in [1.82, 2.24) is 4.90 Å². The van der Waals surface area contributed by atoms with Gasteiger partial charge in [-0.1, -0.05) is 33.6 Å². The van der Waals surface area contributed by atoms with Crippen molar-refractivity contribution in [2.24, 2.45) is 0 Å². The van der Waals surface area contributed by atoms with Gasteiger partial charge in [0.05, 0.1) is 9.85 Å². The lowest BCUT2D eigenvalue weighted by Gasteiger charge is -2.15. The van der Waals surface area contributed by atoms with Gasteiger partial charge < -0.3 is 4.90 Å². The lowest BCUT2D eigenvalue weighted by atomic mass is 10.2. The quantitative estimate of drug-likeness (QED) is 0.769. The van der Waals surface area contributed by atoms with Gasteiger partial charge in [-0.3, -0.25) is 4.79 Å². The average Bonchev–Trinajstić information content (AvgIpc) is 2.55. The second-order valence-electron chi connectivity index (χ2n) is 3.76. The van der Waals surface area contributed by atoms with E-state index in [2.05, 4.69) is 15.9 Å². The molecule has 1 unspecified atom stereocenters. The summed E-state index contributed by atoms with van der Waals surface area (Å²) < 4.78 is 12.9. The Morgan fingerprint density at radius 3 is 2.88 bits per heavy atom. The van der Waals surface area contributed by atoms with Crippen LogP contribution in [0.4, 0.5) is 4.39 Å². The second-order valence-corrected chi connectivity index (χ2v) is 5.28. The normalized spacial score (nSPS) is 20.6. The maximum absolute atomic E-state index is 12.9. The number of likely N-dealkylation sites (tertiary alicyclic amines) is 1. The Hall–Kier alpha value is -0.610. The third kappa shape index (κ3) is 2.38. The molecule has 0 saturated carbocycles. The second kappa shape index (κ2) is 4.72. The molecule has 1 aliphatic rings. The zero-order chi connectivity index (χ0) is 11.7. The van der Waals surface area contributed by atoms with Crippen LogP contribution in [-0.2, 0) is 11.3 Å². The molecule has 86 valence electrons. The van der Waals surface area contributed by atoms with Crippen molar-refractivity contribution in [3.63, 3.8) is 0 Å². The van der Waals surface area contributed by atoms with Crippen molar-refractivity contribution >= 4 is 33.4 Å². The predicted molar refractivity (Wildman–Crippen MR) is 64.2 cm³/mol. The van der Waals surface area contributed by atoms with Crippen molar-refractivity contribution < 1.29 is 9.18 Å². The molecule has 16 heavy (non-hydrogen) atoms. The van der Waals surface area contributed by atoms with E-state index in [1.807, 2.05) is 0 Å². The highest BCUT2D eigenvalue weighted by atomic mass is 79.9. The Kier molecular flexibility index (Phi) is 3.50. The van der Waals surface area contributed by atoms with Gasteiger partial charge in [0.1, 0.15) is 5.82 Å². The van der Waals surface area contributed by atoms with Gasteiger partial charge in [0.2, 0.25) is 5.91 Å². The highest BCUT2D eigenvalue weighted by Crippen LogP contribution is 2.22. The highest BCUT2D eigenvalue weighted by molar-refractivity contribution is 9.10. The molecule has 1 amide bonds. The average molecular weight is 307 g/mol. The molecule has 1 saturated heterocycles. The summed E-state index contributed by atoms with van der Waals surface area (Å²) in [4.78, 5) is 13.3. The molecule has 0 N–H and O–H groups in total. The van der Waals surface area contributed by atoms with E-state index >= 15 is 0 Å². The largest absolute Gasteiger partial charge is 0.337 e. The minimum atomic E-state index is -0.434. The van der Waals surface area contributed by atoms with Gasteiger partial charge in [0.15, 0.2) is 0 Å². The van der Waals surface area contributed by atoms with Crippen LogP contribution in [0.1, 0.15) is 12.0 Å². The molecule has 1 aromatic carbocycles. The smallest absolute Gasteiger partial charge is 0.236 e. The van der Waals surface area contributed by atoms with Gasteiger partial charge >= 0.3 is 0 Å². The maximum atomic E-state index is 12.9. The minimum absolute atomic E-state index is 0.0802. The van der Waals surface area contributed by atoms with Crippen LogP contribution in [0.15, 0.2) is 18.2 Å². The molecule has 0 aliphatic carbocycles. The van der Waals surface area contributed by atoms with E-state index in [0.717, 1.165) is 18.5 Å². The molecule has 0 bridgehead atoms. The topological polar surface area (TPSA) is 20.3 Å². The van der Waals surface area contributed by atoms with Crippen LogP contribution in [0.2, 0.25) is 5.02 Å². The first-order chi connectivity index (χ1) is 7.58. The molecule has 1 fully saturated rings. The molecule has 1 atom stereocenters. The first kappa shape index (κ1) is 11.9. The van der Waals surface area contributed by atoms with Gasteiger partial charge in [-0.05, 0) is 24.1 Å². The molecule has 1 aromatic rings. The summed E-state index contributed by atoms with van der Waals surface area (Å²) >= 11 is 8.98. The van der Waals surface area contributed by atoms with Crippen LogP contribution < -0.4 is 0 Å². The molecule has 2 nitrogen and oxygen atoms in total. The third-order valence-electron chi connectivity index (χ3n) is 2.59. The predicted octanol–water partition coefficient (Wildman–Crippen LogP) is 2.97. The van der Waals surface area contributed by atoms with Gasteiger partial charge in [0.25, 0.3) is 0 Å². The molecule has 1 heterocycles. The molecule has 2 rings (SSSR count). The SMILES string of the molecule is O=C1C(Br)CCN1Cc1ccc(F)c(Cl)c1. The number of hydrogen-bond acceptors (Lipinski definition) is 1. The van der Waals surface area contributed by atoms with Crippen LogP contribution in [0.25, 0.3) is 0 Å². The van der Waals surface area contributed by atoms with Gasteiger partial charge in [-0.2, -0.15) is 0 Å². The van der Waals surface area contributed by atoms with Crippen molar-refractivity contribution in [1.29, 1.82) is 0 Å².